The van der Waals surface area contributed by atoms with Crippen LogP contribution < -0.4 is 9.64 Å². The number of carbonyl (C=O) groups excluding carboxylic acids is 1. The monoisotopic (exact) mass is 426 g/mol. The molecule has 2 heterocycles. The van der Waals surface area contributed by atoms with Crippen molar-refractivity contribution in [1.29, 1.82) is 0 Å². The zero-order valence-corrected chi connectivity index (χ0v) is 16.4. The van der Waals surface area contributed by atoms with E-state index in [0.717, 1.165) is 32.7 Å². The Kier molecular flexibility index (Phi) is 4.61. The lowest BCUT2D eigenvalue weighted by Crippen LogP contribution is -2.20. The van der Waals surface area contributed by atoms with Crippen molar-refractivity contribution >= 4 is 50.5 Å². The highest BCUT2D eigenvalue weighted by Gasteiger charge is 2.29. The molecule has 1 aliphatic rings. The van der Waals surface area contributed by atoms with Gasteiger partial charge in [-0.3, -0.25) is 4.79 Å². The second kappa shape index (κ2) is 7.05. The van der Waals surface area contributed by atoms with Gasteiger partial charge in [-0.25, -0.2) is 4.98 Å². The summed E-state index contributed by atoms with van der Waals surface area (Å²) in [6.07, 6.45) is 1.92. The van der Waals surface area contributed by atoms with E-state index in [-0.39, 0.29) is 5.91 Å². The van der Waals surface area contributed by atoms with E-state index in [1.54, 1.807) is 28.8 Å². The average Bonchev–Trinajstić information content (AvgIpc) is 3.24. The summed E-state index contributed by atoms with van der Waals surface area (Å²) in [5.74, 6) is 0.778. The number of ether oxygens (including phenoxy) is 1. The Bertz CT molecular complexity index is 982. The fraction of sp³-hybridized carbons (Fsp3) is 0.100. The molecule has 0 fully saturated rings. The van der Waals surface area contributed by atoms with Crippen LogP contribution in [0.15, 0.2) is 57.8 Å². The van der Waals surface area contributed by atoms with Gasteiger partial charge in [0, 0.05) is 28.0 Å². The lowest BCUT2D eigenvalue weighted by Gasteiger charge is -2.08. The van der Waals surface area contributed by atoms with Crippen molar-refractivity contribution in [2.24, 2.45) is 0 Å². The summed E-state index contributed by atoms with van der Waals surface area (Å²) in [4.78, 5) is 18.5. The molecule has 1 amide bonds. The van der Waals surface area contributed by atoms with Crippen molar-refractivity contribution in [1.82, 2.24) is 4.98 Å². The van der Waals surface area contributed by atoms with Crippen LogP contribution >= 0.6 is 27.3 Å². The molecule has 6 heteroatoms. The van der Waals surface area contributed by atoms with Gasteiger partial charge in [-0.05, 0) is 42.0 Å². The molecule has 0 aliphatic carbocycles. The van der Waals surface area contributed by atoms with Crippen LogP contribution in [0.5, 0.6) is 5.75 Å². The minimum atomic E-state index is 0.00181. The van der Waals surface area contributed by atoms with E-state index in [1.807, 2.05) is 53.9 Å². The third-order valence-electron chi connectivity index (χ3n) is 4.21. The summed E-state index contributed by atoms with van der Waals surface area (Å²) in [6.45, 7) is 0.453. The van der Waals surface area contributed by atoms with Crippen molar-refractivity contribution in [2.75, 3.05) is 11.9 Å². The second-order valence-corrected chi connectivity index (χ2v) is 7.56. The third kappa shape index (κ3) is 3.30. The third-order valence-corrected chi connectivity index (χ3v) is 5.33. The quantitative estimate of drug-likeness (QED) is 0.551. The predicted octanol–water partition coefficient (Wildman–Crippen LogP) is 5.00. The van der Waals surface area contributed by atoms with E-state index in [0.29, 0.717) is 12.2 Å². The highest BCUT2D eigenvalue weighted by atomic mass is 79.9. The normalized spacial score (nSPS) is 14.8. The van der Waals surface area contributed by atoms with Crippen LogP contribution in [-0.4, -0.2) is 17.9 Å². The van der Waals surface area contributed by atoms with Crippen LogP contribution in [0.25, 0.3) is 11.6 Å². The summed E-state index contributed by atoms with van der Waals surface area (Å²) in [7, 11) is 1.80. The Morgan fingerprint density at radius 3 is 2.77 bits per heavy atom. The molecule has 1 aliphatic heterocycles. The molecule has 4 rings (SSSR count). The minimum Gasteiger partial charge on any atom is -0.487 e. The molecule has 0 unspecified atom stereocenters. The maximum absolute atomic E-state index is 12.6. The predicted molar refractivity (Wildman–Crippen MR) is 108 cm³/mol. The van der Waals surface area contributed by atoms with Gasteiger partial charge in [0.2, 0.25) is 0 Å². The van der Waals surface area contributed by atoms with E-state index in [1.165, 1.54) is 0 Å². The standard InChI is InChI=1S/C20H15BrN2O2S/c1-23-19-7-4-14(21)9-17(19)18(20(23)24)8-13-2-5-16(6-3-13)25-10-15-11-26-12-22-15/h2-9,11-12H,10H2,1H3. The van der Waals surface area contributed by atoms with Crippen molar-refractivity contribution in [3.63, 3.8) is 0 Å². The van der Waals surface area contributed by atoms with Crippen LogP contribution in [0.4, 0.5) is 5.69 Å². The number of amides is 1. The number of hydrogen-bond acceptors (Lipinski definition) is 4. The van der Waals surface area contributed by atoms with Gasteiger partial charge < -0.3 is 9.64 Å². The summed E-state index contributed by atoms with van der Waals surface area (Å²) in [5, 5.41) is 1.97. The van der Waals surface area contributed by atoms with Crippen LogP contribution in [-0.2, 0) is 11.4 Å². The number of thiazole rings is 1. The topological polar surface area (TPSA) is 42.4 Å². The SMILES string of the molecule is CN1C(=O)C(=Cc2ccc(OCc3cscn3)cc2)c2cc(Br)ccc21. The first-order valence-corrected chi connectivity index (χ1v) is 9.75. The minimum absolute atomic E-state index is 0.00181. The summed E-state index contributed by atoms with van der Waals surface area (Å²) in [6, 6.07) is 13.6. The molecule has 2 aromatic carbocycles. The van der Waals surface area contributed by atoms with E-state index in [9.17, 15) is 4.79 Å². The van der Waals surface area contributed by atoms with Gasteiger partial charge in [0.25, 0.3) is 5.91 Å². The lowest BCUT2D eigenvalue weighted by atomic mass is 10.0. The maximum Gasteiger partial charge on any atom is 0.258 e. The van der Waals surface area contributed by atoms with Crippen LogP contribution in [0.3, 0.4) is 0 Å². The lowest BCUT2D eigenvalue weighted by molar-refractivity contribution is -0.112. The van der Waals surface area contributed by atoms with Crippen molar-refractivity contribution in [2.45, 2.75) is 6.61 Å². The molecule has 3 aromatic rings. The van der Waals surface area contributed by atoms with Gasteiger partial charge in [0.15, 0.2) is 0 Å². The largest absolute Gasteiger partial charge is 0.487 e. The zero-order chi connectivity index (χ0) is 18.1. The highest BCUT2D eigenvalue weighted by molar-refractivity contribution is 9.10. The molecular formula is C20H15BrN2O2S. The van der Waals surface area contributed by atoms with Crippen LogP contribution in [0.1, 0.15) is 16.8 Å². The highest BCUT2D eigenvalue weighted by Crippen LogP contribution is 2.38. The number of benzene rings is 2. The van der Waals surface area contributed by atoms with Gasteiger partial charge in [-0.15, -0.1) is 11.3 Å². The Balaban J connectivity index is 1.57. The van der Waals surface area contributed by atoms with Crippen LogP contribution in [0, 0.1) is 0 Å². The van der Waals surface area contributed by atoms with E-state index >= 15 is 0 Å². The first kappa shape index (κ1) is 17.0. The summed E-state index contributed by atoms with van der Waals surface area (Å²) in [5.41, 5.74) is 6.22. The zero-order valence-electron chi connectivity index (χ0n) is 14.0. The van der Waals surface area contributed by atoms with Gasteiger partial charge in [-0.1, -0.05) is 28.1 Å². The number of likely N-dealkylation sites (N-methyl/N-ethyl adjacent to an activating group) is 1. The van der Waals surface area contributed by atoms with E-state index in [2.05, 4.69) is 20.9 Å². The van der Waals surface area contributed by atoms with E-state index < -0.39 is 0 Å². The van der Waals surface area contributed by atoms with Crippen molar-refractivity contribution in [3.05, 3.63) is 74.6 Å². The molecule has 0 radical (unpaired) electrons. The number of aromatic nitrogens is 1. The molecule has 0 saturated carbocycles. The van der Waals surface area contributed by atoms with Crippen LogP contribution in [0.2, 0.25) is 0 Å². The second-order valence-electron chi connectivity index (χ2n) is 5.92. The Hall–Kier alpha value is -2.44. The molecule has 26 heavy (non-hydrogen) atoms. The first-order chi connectivity index (χ1) is 12.6. The molecule has 4 nitrogen and oxygen atoms in total. The Morgan fingerprint density at radius 2 is 2.04 bits per heavy atom. The molecule has 0 N–H and O–H groups in total. The van der Waals surface area contributed by atoms with E-state index in [4.69, 9.17) is 4.74 Å². The molecule has 0 spiro atoms. The van der Waals surface area contributed by atoms with Gasteiger partial charge in [0.05, 0.1) is 16.9 Å². The fourth-order valence-corrected chi connectivity index (χ4v) is 3.76. The number of rotatable bonds is 4. The number of nitrogens with zero attached hydrogens (tertiary/aromatic N) is 2. The number of halogens is 1. The maximum atomic E-state index is 12.6. The molecule has 0 atom stereocenters. The Labute approximate surface area is 163 Å². The van der Waals surface area contributed by atoms with Crippen molar-refractivity contribution < 1.29 is 9.53 Å². The molecule has 1 aromatic heterocycles. The molecule has 130 valence electrons. The number of carbonyl (C=O) groups is 1. The average molecular weight is 427 g/mol. The smallest absolute Gasteiger partial charge is 0.258 e. The number of hydrogen-bond donors (Lipinski definition) is 0. The fourth-order valence-electron chi connectivity index (χ4n) is 2.85. The van der Waals surface area contributed by atoms with Gasteiger partial charge in [-0.2, -0.15) is 0 Å². The first-order valence-electron chi connectivity index (χ1n) is 8.01. The summed E-state index contributed by atoms with van der Waals surface area (Å²) >= 11 is 5.04. The molecule has 0 saturated heterocycles. The Morgan fingerprint density at radius 1 is 1.23 bits per heavy atom. The van der Waals surface area contributed by atoms with Gasteiger partial charge >= 0.3 is 0 Å². The summed E-state index contributed by atoms with van der Waals surface area (Å²) < 4.78 is 6.68. The molecular weight excluding hydrogens is 412 g/mol. The van der Waals surface area contributed by atoms with Gasteiger partial charge in [0.1, 0.15) is 12.4 Å². The van der Waals surface area contributed by atoms with Crippen molar-refractivity contribution in [3.8, 4) is 5.75 Å². The molecule has 0 bridgehead atoms. The number of anilines is 1. The number of fused-ring (bicyclic) bond motifs is 1.